The van der Waals surface area contributed by atoms with E-state index in [4.69, 9.17) is 0 Å². The summed E-state index contributed by atoms with van der Waals surface area (Å²) in [6.45, 7) is 8.23. The van der Waals surface area contributed by atoms with Crippen LogP contribution in [-0.2, 0) is 0 Å². The molecule has 0 unspecified atom stereocenters. The monoisotopic (exact) mass is 536 g/mol. The molecule has 4 rings (SSSR count). The Morgan fingerprint density at radius 3 is 2.22 bits per heavy atom. The fraction of sp³-hybridized carbons (Fsp3) is 0.154. The third-order valence-corrected chi connectivity index (χ3v) is 6.28. The van der Waals surface area contributed by atoms with Crippen LogP contribution < -0.4 is 5.43 Å². The van der Waals surface area contributed by atoms with Crippen molar-refractivity contribution in [2.45, 2.75) is 27.7 Å². The molecule has 0 spiro atoms. The van der Waals surface area contributed by atoms with E-state index in [9.17, 15) is 4.79 Å². The molecular weight excluding hydrogens is 511 g/mol. The van der Waals surface area contributed by atoms with E-state index in [1.807, 2.05) is 18.2 Å². The third-order valence-electron chi connectivity index (χ3n) is 5.56. The van der Waals surface area contributed by atoms with Crippen LogP contribution >= 0.6 is 22.6 Å². The predicted octanol–water partition coefficient (Wildman–Crippen LogP) is 5.87. The van der Waals surface area contributed by atoms with E-state index in [-0.39, 0.29) is 5.91 Å². The van der Waals surface area contributed by atoms with E-state index in [1.165, 1.54) is 3.57 Å². The van der Waals surface area contributed by atoms with Gasteiger partial charge in [0.2, 0.25) is 0 Å². The lowest BCUT2D eigenvalue weighted by Crippen LogP contribution is -2.18. The van der Waals surface area contributed by atoms with Gasteiger partial charge >= 0.3 is 0 Å². The van der Waals surface area contributed by atoms with Gasteiger partial charge in [-0.15, -0.1) is 0 Å². The van der Waals surface area contributed by atoms with Gasteiger partial charge in [-0.2, -0.15) is 5.10 Å². The molecule has 6 heteroatoms. The third kappa shape index (κ3) is 4.41. The van der Waals surface area contributed by atoms with Crippen LogP contribution in [0.25, 0.3) is 11.4 Å². The second-order valence-corrected chi connectivity index (χ2v) is 9.08. The van der Waals surface area contributed by atoms with Crippen LogP contribution in [0.5, 0.6) is 0 Å². The Bertz CT molecular complexity index is 1290. The summed E-state index contributed by atoms with van der Waals surface area (Å²) in [5.41, 5.74) is 10.7. The quantitative estimate of drug-likeness (QED) is 0.194. The molecule has 0 aliphatic heterocycles. The highest BCUT2D eigenvalue weighted by Gasteiger charge is 2.11. The fourth-order valence-corrected chi connectivity index (χ4v) is 4.35. The summed E-state index contributed by atoms with van der Waals surface area (Å²) in [4.78, 5) is 12.7. The van der Waals surface area contributed by atoms with E-state index in [0.29, 0.717) is 5.56 Å². The second-order valence-electron chi connectivity index (χ2n) is 7.84. The van der Waals surface area contributed by atoms with Gasteiger partial charge in [0.05, 0.1) is 6.21 Å². The zero-order valence-corrected chi connectivity index (χ0v) is 20.7. The zero-order chi connectivity index (χ0) is 22.8. The number of benzene rings is 2. The summed E-state index contributed by atoms with van der Waals surface area (Å²) in [7, 11) is 0. The van der Waals surface area contributed by atoms with Crippen molar-refractivity contribution in [2.24, 2.45) is 5.10 Å². The summed E-state index contributed by atoms with van der Waals surface area (Å²) >= 11 is 2.30. The van der Waals surface area contributed by atoms with Gasteiger partial charge in [0, 0.05) is 48.8 Å². The number of hydrogen-bond donors (Lipinski definition) is 1. The van der Waals surface area contributed by atoms with Crippen molar-refractivity contribution < 1.29 is 4.79 Å². The molecule has 5 nitrogen and oxygen atoms in total. The molecule has 0 atom stereocenters. The van der Waals surface area contributed by atoms with Crippen molar-refractivity contribution in [3.63, 3.8) is 0 Å². The summed E-state index contributed by atoms with van der Waals surface area (Å²) < 4.78 is 5.51. The SMILES string of the molecule is Cc1ccc(C)n1-c1cccc(C(=O)N/N=C\c2cc(C)n(-c3ccc(I)cc3)c2C)c1. The Kier molecular flexibility index (Phi) is 6.32. The molecule has 0 saturated carbocycles. The molecule has 0 fully saturated rings. The number of amides is 1. The van der Waals surface area contributed by atoms with Crippen LogP contribution in [0.2, 0.25) is 0 Å². The molecule has 0 bridgehead atoms. The maximum atomic E-state index is 12.7. The molecule has 32 heavy (non-hydrogen) atoms. The number of carbonyl (C=O) groups excluding carboxylic acids is 1. The van der Waals surface area contributed by atoms with Gasteiger partial charge in [-0.25, -0.2) is 5.43 Å². The number of hydrogen-bond acceptors (Lipinski definition) is 2. The van der Waals surface area contributed by atoms with Crippen LogP contribution in [-0.4, -0.2) is 21.3 Å². The van der Waals surface area contributed by atoms with Crippen LogP contribution in [0.15, 0.2) is 71.8 Å². The molecular formula is C26H25IN4O. The van der Waals surface area contributed by atoms with E-state index in [0.717, 1.165) is 39.7 Å². The van der Waals surface area contributed by atoms with Crippen molar-refractivity contribution in [2.75, 3.05) is 0 Å². The number of nitrogens with one attached hydrogen (secondary N) is 1. The first-order valence-corrected chi connectivity index (χ1v) is 11.5. The van der Waals surface area contributed by atoms with Gasteiger partial charge in [0.25, 0.3) is 5.91 Å². The Balaban J connectivity index is 1.52. The summed E-state index contributed by atoms with van der Waals surface area (Å²) in [5.74, 6) is -0.239. The molecule has 2 aromatic carbocycles. The molecule has 162 valence electrons. The first-order valence-electron chi connectivity index (χ1n) is 10.4. The number of aromatic nitrogens is 2. The normalized spacial score (nSPS) is 11.3. The molecule has 2 aromatic heterocycles. The molecule has 2 heterocycles. The average molecular weight is 536 g/mol. The molecule has 1 N–H and O–H groups in total. The van der Waals surface area contributed by atoms with E-state index >= 15 is 0 Å². The molecule has 0 aliphatic rings. The zero-order valence-electron chi connectivity index (χ0n) is 18.6. The maximum Gasteiger partial charge on any atom is 0.271 e. The smallest absolute Gasteiger partial charge is 0.271 e. The van der Waals surface area contributed by atoms with E-state index < -0.39 is 0 Å². The fourth-order valence-electron chi connectivity index (χ4n) is 3.99. The van der Waals surface area contributed by atoms with Crippen molar-refractivity contribution >= 4 is 34.7 Å². The first-order chi connectivity index (χ1) is 15.3. The first kappa shape index (κ1) is 22.1. The lowest BCUT2D eigenvalue weighted by molar-refractivity contribution is 0.0955. The maximum absolute atomic E-state index is 12.7. The van der Waals surface area contributed by atoms with Gasteiger partial charge in [-0.3, -0.25) is 4.79 Å². The number of aryl methyl sites for hydroxylation is 3. The van der Waals surface area contributed by atoms with Gasteiger partial charge in [0.15, 0.2) is 0 Å². The van der Waals surface area contributed by atoms with Gasteiger partial charge in [-0.05, 0) is 111 Å². The summed E-state index contributed by atoms with van der Waals surface area (Å²) in [5, 5.41) is 4.22. The van der Waals surface area contributed by atoms with E-state index in [2.05, 4.69) is 112 Å². The summed E-state index contributed by atoms with van der Waals surface area (Å²) in [6, 6.07) is 22.2. The highest BCUT2D eigenvalue weighted by Crippen LogP contribution is 2.21. The molecule has 0 radical (unpaired) electrons. The molecule has 0 aliphatic carbocycles. The number of rotatable bonds is 5. The average Bonchev–Trinajstić information content (AvgIpc) is 3.26. The van der Waals surface area contributed by atoms with Crippen molar-refractivity contribution in [1.29, 1.82) is 0 Å². The van der Waals surface area contributed by atoms with Gasteiger partial charge in [0.1, 0.15) is 0 Å². The topological polar surface area (TPSA) is 51.3 Å². The van der Waals surface area contributed by atoms with Crippen molar-refractivity contribution in [1.82, 2.24) is 14.6 Å². The Labute approximate surface area is 201 Å². The van der Waals surface area contributed by atoms with Crippen LogP contribution in [0.3, 0.4) is 0 Å². The molecule has 1 amide bonds. The highest BCUT2D eigenvalue weighted by molar-refractivity contribution is 14.1. The van der Waals surface area contributed by atoms with Gasteiger partial charge < -0.3 is 9.13 Å². The Morgan fingerprint density at radius 2 is 1.53 bits per heavy atom. The predicted molar refractivity (Wildman–Crippen MR) is 138 cm³/mol. The highest BCUT2D eigenvalue weighted by atomic mass is 127. The minimum Gasteiger partial charge on any atom is -0.318 e. The lowest BCUT2D eigenvalue weighted by Gasteiger charge is -2.10. The minimum atomic E-state index is -0.239. The summed E-state index contributed by atoms with van der Waals surface area (Å²) in [6.07, 6.45) is 1.70. The Hall–Kier alpha value is -3.13. The van der Waals surface area contributed by atoms with Crippen LogP contribution in [0.4, 0.5) is 0 Å². The Morgan fingerprint density at radius 1 is 0.844 bits per heavy atom. The second kappa shape index (κ2) is 9.16. The number of halogens is 1. The number of nitrogens with zero attached hydrogens (tertiary/aromatic N) is 3. The number of hydrazone groups is 1. The standard InChI is InChI=1S/C26H25IN4O/c1-17-8-9-18(2)30(17)25-7-5-6-21(15-25)26(32)29-28-16-22-14-19(3)31(20(22)4)24-12-10-23(27)11-13-24/h5-16H,1-4H3,(H,29,32)/b28-16-. The largest absolute Gasteiger partial charge is 0.318 e. The van der Waals surface area contributed by atoms with E-state index in [1.54, 1.807) is 12.3 Å². The van der Waals surface area contributed by atoms with Gasteiger partial charge in [-0.1, -0.05) is 6.07 Å². The van der Waals surface area contributed by atoms with Crippen molar-refractivity contribution in [3.05, 3.63) is 104 Å². The lowest BCUT2D eigenvalue weighted by atomic mass is 10.2. The molecule has 4 aromatic rings. The van der Waals surface area contributed by atoms with Crippen LogP contribution in [0.1, 0.15) is 38.7 Å². The minimum absolute atomic E-state index is 0.239. The number of carbonyl (C=O) groups is 1. The molecule has 0 saturated heterocycles. The van der Waals surface area contributed by atoms with Crippen LogP contribution in [0, 0.1) is 31.3 Å². The van der Waals surface area contributed by atoms with Crippen molar-refractivity contribution in [3.8, 4) is 11.4 Å².